The first-order valence-electron chi connectivity index (χ1n) is 6.84. The van der Waals surface area contributed by atoms with Crippen molar-refractivity contribution in [1.29, 1.82) is 0 Å². The van der Waals surface area contributed by atoms with Crippen LogP contribution in [0.3, 0.4) is 0 Å². The van der Waals surface area contributed by atoms with Crippen molar-refractivity contribution in [1.82, 2.24) is 10.6 Å². The van der Waals surface area contributed by atoms with Gasteiger partial charge in [0.2, 0.25) is 5.91 Å². The summed E-state index contributed by atoms with van der Waals surface area (Å²) >= 11 is 6.07. The Morgan fingerprint density at radius 2 is 1.94 bits per heavy atom. The van der Waals surface area contributed by atoms with E-state index in [1.807, 2.05) is 0 Å². The van der Waals surface area contributed by atoms with E-state index in [0.29, 0.717) is 17.3 Å². The molecule has 17 heavy (non-hydrogen) atoms. The third-order valence-corrected chi connectivity index (χ3v) is 4.49. The summed E-state index contributed by atoms with van der Waals surface area (Å²) in [4.78, 5) is 12.2. The van der Waals surface area contributed by atoms with Crippen molar-refractivity contribution in [3.8, 4) is 0 Å². The van der Waals surface area contributed by atoms with Gasteiger partial charge >= 0.3 is 0 Å². The van der Waals surface area contributed by atoms with Crippen LogP contribution in [0.2, 0.25) is 0 Å². The van der Waals surface area contributed by atoms with Crippen molar-refractivity contribution >= 4 is 17.5 Å². The molecule has 0 aromatic rings. The molecule has 2 fully saturated rings. The van der Waals surface area contributed by atoms with Crippen molar-refractivity contribution < 1.29 is 4.79 Å². The van der Waals surface area contributed by atoms with Crippen LogP contribution < -0.4 is 10.6 Å². The first kappa shape index (κ1) is 13.2. The lowest BCUT2D eigenvalue weighted by Gasteiger charge is -2.32. The van der Waals surface area contributed by atoms with Crippen LogP contribution in [0.5, 0.6) is 0 Å². The van der Waals surface area contributed by atoms with Gasteiger partial charge in [-0.15, -0.1) is 11.6 Å². The first-order chi connectivity index (χ1) is 8.16. The van der Waals surface area contributed by atoms with E-state index in [9.17, 15) is 4.79 Å². The summed E-state index contributed by atoms with van der Waals surface area (Å²) in [5.41, 5.74) is 0. The van der Waals surface area contributed by atoms with Crippen LogP contribution in [-0.2, 0) is 4.79 Å². The second-order valence-electron chi connectivity index (χ2n) is 5.51. The fourth-order valence-corrected chi connectivity index (χ4v) is 3.14. The number of halogens is 1. The van der Waals surface area contributed by atoms with E-state index < -0.39 is 0 Å². The second kappa shape index (κ2) is 6.05. The summed E-state index contributed by atoms with van der Waals surface area (Å²) < 4.78 is 0. The predicted octanol–water partition coefficient (Wildman–Crippen LogP) is 2.04. The minimum atomic E-state index is 0.0116. The molecule has 2 atom stereocenters. The van der Waals surface area contributed by atoms with Gasteiger partial charge in [0.1, 0.15) is 0 Å². The van der Waals surface area contributed by atoms with E-state index in [2.05, 4.69) is 17.6 Å². The first-order valence-corrected chi connectivity index (χ1v) is 7.28. The Labute approximate surface area is 109 Å². The minimum absolute atomic E-state index is 0.0116. The van der Waals surface area contributed by atoms with Gasteiger partial charge in [-0.3, -0.25) is 4.79 Å². The van der Waals surface area contributed by atoms with E-state index in [4.69, 9.17) is 11.6 Å². The van der Waals surface area contributed by atoms with Crippen molar-refractivity contribution in [2.45, 2.75) is 62.9 Å². The van der Waals surface area contributed by atoms with Crippen LogP contribution >= 0.6 is 11.6 Å². The summed E-state index contributed by atoms with van der Waals surface area (Å²) in [7, 11) is 0. The molecule has 1 aliphatic heterocycles. The van der Waals surface area contributed by atoms with E-state index in [0.717, 1.165) is 38.6 Å². The number of alkyl halides is 1. The monoisotopic (exact) mass is 258 g/mol. The Hall–Kier alpha value is -0.280. The van der Waals surface area contributed by atoms with Gasteiger partial charge in [-0.25, -0.2) is 0 Å². The molecule has 0 aromatic heterocycles. The molecule has 3 nitrogen and oxygen atoms in total. The van der Waals surface area contributed by atoms with Gasteiger partial charge < -0.3 is 10.6 Å². The van der Waals surface area contributed by atoms with Gasteiger partial charge in [-0.05, 0) is 51.0 Å². The average molecular weight is 259 g/mol. The lowest BCUT2D eigenvalue weighted by atomic mass is 9.90. The van der Waals surface area contributed by atoms with Gasteiger partial charge in [0.15, 0.2) is 0 Å². The highest BCUT2D eigenvalue weighted by atomic mass is 35.5. The molecule has 1 saturated heterocycles. The molecule has 0 spiro atoms. The summed E-state index contributed by atoms with van der Waals surface area (Å²) in [6.07, 6.45) is 6.45. The molecular formula is C13H23ClN2O. The predicted molar refractivity (Wildman–Crippen MR) is 70.2 cm³/mol. The largest absolute Gasteiger partial charge is 0.352 e. The molecule has 1 saturated carbocycles. The van der Waals surface area contributed by atoms with Gasteiger partial charge in [-0.1, -0.05) is 6.92 Å². The SMILES string of the molecule is CC1CCCNC1C(=O)NC1CCC(Cl)CC1. The van der Waals surface area contributed by atoms with E-state index in [-0.39, 0.29) is 11.9 Å². The van der Waals surface area contributed by atoms with Crippen molar-refractivity contribution in [3.05, 3.63) is 0 Å². The van der Waals surface area contributed by atoms with E-state index in [1.54, 1.807) is 0 Å². The summed E-state index contributed by atoms with van der Waals surface area (Å²) in [5.74, 6) is 0.642. The zero-order chi connectivity index (χ0) is 12.3. The Balaban J connectivity index is 1.79. The molecule has 0 bridgehead atoms. The Bertz CT molecular complexity index is 264. The molecule has 1 amide bonds. The fraction of sp³-hybridized carbons (Fsp3) is 0.923. The lowest BCUT2D eigenvalue weighted by molar-refractivity contribution is -0.125. The number of carbonyl (C=O) groups is 1. The molecule has 2 rings (SSSR count). The number of carbonyl (C=O) groups excluding carboxylic acids is 1. The zero-order valence-corrected chi connectivity index (χ0v) is 11.3. The maximum atomic E-state index is 12.2. The van der Waals surface area contributed by atoms with Crippen LogP contribution in [0, 0.1) is 5.92 Å². The van der Waals surface area contributed by atoms with Crippen molar-refractivity contribution in [2.75, 3.05) is 6.54 Å². The van der Waals surface area contributed by atoms with Crippen molar-refractivity contribution in [2.24, 2.45) is 5.92 Å². The number of nitrogens with one attached hydrogen (secondary N) is 2. The minimum Gasteiger partial charge on any atom is -0.352 e. The standard InChI is InChI=1S/C13H23ClN2O/c1-9-3-2-8-15-12(9)13(17)16-11-6-4-10(14)5-7-11/h9-12,15H,2-8H2,1H3,(H,16,17). The lowest BCUT2D eigenvalue weighted by Crippen LogP contribution is -2.53. The van der Waals surface area contributed by atoms with Crippen LogP contribution in [0.1, 0.15) is 45.4 Å². The molecule has 2 aliphatic rings. The van der Waals surface area contributed by atoms with Gasteiger partial charge in [0, 0.05) is 11.4 Å². The molecule has 1 aliphatic carbocycles. The van der Waals surface area contributed by atoms with Crippen LogP contribution in [0.25, 0.3) is 0 Å². The molecule has 0 radical (unpaired) electrons. The topological polar surface area (TPSA) is 41.1 Å². The number of piperidine rings is 1. The summed E-state index contributed by atoms with van der Waals surface area (Å²) in [5, 5.41) is 6.82. The van der Waals surface area contributed by atoms with Gasteiger partial charge in [0.25, 0.3) is 0 Å². The number of hydrogen-bond donors (Lipinski definition) is 2. The third-order valence-electron chi connectivity index (χ3n) is 4.06. The maximum Gasteiger partial charge on any atom is 0.237 e. The normalized spacial score (nSPS) is 38.7. The van der Waals surface area contributed by atoms with E-state index in [1.165, 1.54) is 6.42 Å². The highest BCUT2D eigenvalue weighted by molar-refractivity contribution is 6.20. The molecule has 2 unspecified atom stereocenters. The Kier molecular flexibility index (Phi) is 4.69. The highest BCUT2D eigenvalue weighted by Gasteiger charge is 2.29. The van der Waals surface area contributed by atoms with Gasteiger partial charge in [0.05, 0.1) is 6.04 Å². The summed E-state index contributed by atoms with van der Waals surface area (Å²) in [6, 6.07) is 0.353. The van der Waals surface area contributed by atoms with Crippen LogP contribution in [0.4, 0.5) is 0 Å². The van der Waals surface area contributed by atoms with Crippen LogP contribution in [-0.4, -0.2) is 29.9 Å². The van der Waals surface area contributed by atoms with E-state index >= 15 is 0 Å². The van der Waals surface area contributed by atoms with Gasteiger partial charge in [-0.2, -0.15) is 0 Å². The molecule has 98 valence electrons. The van der Waals surface area contributed by atoms with Crippen molar-refractivity contribution in [3.63, 3.8) is 0 Å². The number of rotatable bonds is 2. The molecule has 0 aromatic carbocycles. The second-order valence-corrected chi connectivity index (χ2v) is 6.13. The summed E-state index contributed by atoms with van der Waals surface area (Å²) in [6.45, 7) is 3.13. The zero-order valence-electron chi connectivity index (χ0n) is 10.5. The van der Waals surface area contributed by atoms with Crippen LogP contribution in [0.15, 0.2) is 0 Å². The molecular weight excluding hydrogens is 236 g/mol. The fourth-order valence-electron chi connectivity index (χ4n) is 2.89. The Morgan fingerprint density at radius 1 is 1.24 bits per heavy atom. The average Bonchev–Trinajstić information content (AvgIpc) is 2.32. The smallest absolute Gasteiger partial charge is 0.237 e. The quantitative estimate of drug-likeness (QED) is 0.745. The maximum absolute atomic E-state index is 12.2. The molecule has 2 N–H and O–H groups in total. The third kappa shape index (κ3) is 3.59. The molecule has 4 heteroatoms. The number of amides is 1. The molecule has 1 heterocycles. The highest BCUT2D eigenvalue weighted by Crippen LogP contribution is 2.23. The number of hydrogen-bond acceptors (Lipinski definition) is 2. The Morgan fingerprint density at radius 3 is 2.59 bits per heavy atom.